The zero-order chi connectivity index (χ0) is 5.98. The molecule has 0 saturated carbocycles. The Kier molecular flexibility index (Phi) is 1.20. The largest absolute Gasteiger partial charge is 0.361 e. The maximum Gasteiger partial charge on any atom is 0.175 e. The lowest BCUT2D eigenvalue weighted by Gasteiger charge is -2.04. The minimum atomic E-state index is 0.907. The minimum absolute atomic E-state index is 0.907. The highest BCUT2D eigenvalue weighted by molar-refractivity contribution is 5.31. The number of aromatic nitrogens is 2. The molecule has 3 nitrogen and oxygen atoms in total. The molecule has 0 aromatic carbocycles. The van der Waals surface area contributed by atoms with Gasteiger partial charge in [-0.2, -0.15) is 0 Å². The molecule has 0 aliphatic carbocycles. The fraction of sp³-hybridized carbons (Fsp3) is 0.400. The van der Waals surface area contributed by atoms with Gasteiger partial charge in [0, 0.05) is 20.3 Å². The number of imidazole rings is 1. The van der Waals surface area contributed by atoms with Crippen LogP contribution in [0.25, 0.3) is 0 Å². The lowest BCUT2D eigenvalue weighted by atomic mass is 10.7. The predicted molar refractivity (Wildman–Crippen MR) is 31.8 cm³/mol. The second-order valence-electron chi connectivity index (χ2n) is 1.76. The molecule has 1 radical (unpaired) electrons. The van der Waals surface area contributed by atoms with Gasteiger partial charge in [0.2, 0.25) is 0 Å². The standard InChI is InChI=1S/C5H8N3/c1-8(2)5-3-6-4-7-5/h3H,1-2H3,(H,6,7). The molecule has 1 heterocycles. The van der Waals surface area contributed by atoms with Crippen LogP contribution in [-0.4, -0.2) is 24.1 Å². The van der Waals surface area contributed by atoms with Crippen LogP contribution in [0.1, 0.15) is 0 Å². The minimum Gasteiger partial charge on any atom is -0.361 e. The van der Waals surface area contributed by atoms with Crippen LogP contribution >= 0.6 is 0 Å². The Morgan fingerprint density at radius 1 is 1.75 bits per heavy atom. The molecule has 1 aromatic rings. The third kappa shape index (κ3) is 0.804. The molecule has 0 spiro atoms. The van der Waals surface area contributed by atoms with Crippen LogP contribution in [0, 0.1) is 6.33 Å². The van der Waals surface area contributed by atoms with Crippen molar-refractivity contribution in [3.63, 3.8) is 0 Å². The molecule has 3 heteroatoms. The highest BCUT2D eigenvalue weighted by Gasteiger charge is 1.91. The van der Waals surface area contributed by atoms with Crippen molar-refractivity contribution in [3.8, 4) is 0 Å². The van der Waals surface area contributed by atoms with Crippen LogP contribution in [0.4, 0.5) is 5.82 Å². The Bertz CT molecular complexity index is 143. The summed E-state index contributed by atoms with van der Waals surface area (Å²) >= 11 is 0. The number of H-pyrrole nitrogens is 1. The monoisotopic (exact) mass is 110 g/mol. The smallest absolute Gasteiger partial charge is 0.175 e. The molecule has 0 saturated heterocycles. The van der Waals surface area contributed by atoms with Gasteiger partial charge in [-0.05, 0) is 0 Å². The van der Waals surface area contributed by atoms with E-state index in [1.165, 1.54) is 0 Å². The molecule has 1 rings (SSSR count). The first-order valence-corrected chi connectivity index (χ1v) is 2.39. The normalized spacial score (nSPS) is 9.25. The van der Waals surface area contributed by atoms with Crippen LogP contribution in [0.2, 0.25) is 0 Å². The topological polar surface area (TPSA) is 31.9 Å². The number of nitrogens with zero attached hydrogens (tertiary/aromatic N) is 2. The SMILES string of the molecule is CN(C)c1c[nH][c]n1. The summed E-state index contributed by atoms with van der Waals surface area (Å²) < 4.78 is 0. The summed E-state index contributed by atoms with van der Waals surface area (Å²) in [5.41, 5.74) is 0. The van der Waals surface area contributed by atoms with Crippen molar-refractivity contribution < 1.29 is 0 Å². The molecular weight excluding hydrogens is 102 g/mol. The van der Waals surface area contributed by atoms with Gasteiger partial charge in [-0.1, -0.05) is 0 Å². The number of anilines is 1. The molecule has 0 amide bonds. The van der Waals surface area contributed by atoms with Crippen molar-refractivity contribution in [1.29, 1.82) is 0 Å². The van der Waals surface area contributed by atoms with Crippen LogP contribution in [-0.2, 0) is 0 Å². The molecule has 0 fully saturated rings. The van der Waals surface area contributed by atoms with E-state index in [0.29, 0.717) is 0 Å². The van der Waals surface area contributed by atoms with E-state index in [1.54, 1.807) is 6.20 Å². The van der Waals surface area contributed by atoms with Gasteiger partial charge >= 0.3 is 0 Å². The second kappa shape index (κ2) is 1.86. The molecule has 0 aliphatic rings. The summed E-state index contributed by atoms with van der Waals surface area (Å²) in [6.07, 6.45) is 4.39. The van der Waals surface area contributed by atoms with Gasteiger partial charge in [-0.15, -0.1) is 0 Å². The molecule has 0 aliphatic heterocycles. The van der Waals surface area contributed by atoms with Crippen molar-refractivity contribution in [2.24, 2.45) is 0 Å². The van der Waals surface area contributed by atoms with Crippen molar-refractivity contribution in [3.05, 3.63) is 12.5 Å². The molecule has 1 N–H and O–H groups in total. The number of hydrogen-bond acceptors (Lipinski definition) is 2. The van der Waals surface area contributed by atoms with E-state index in [1.807, 2.05) is 19.0 Å². The van der Waals surface area contributed by atoms with Gasteiger partial charge in [0.1, 0.15) is 5.82 Å². The maximum atomic E-state index is 3.86. The molecule has 0 unspecified atom stereocenters. The van der Waals surface area contributed by atoms with Gasteiger partial charge in [0.25, 0.3) is 0 Å². The zero-order valence-electron chi connectivity index (χ0n) is 4.97. The quantitative estimate of drug-likeness (QED) is 0.563. The van der Waals surface area contributed by atoms with E-state index in [0.717, 1.165) is 5.82 Å². The fourth-order valence-electron chi connectivity index (χ4n) is 0.448. The number of aromatic amines is 1. The van der Waals surface area contributed by atoms with E-state index in [4.69, 9.17) is 0 Å². The zero-order valence-corrected chi connectivity index (χ0v) is 4.97. The van der Waals surface area contributed by atoms with E-state index >= 15 is 0 Å². The van der Waals surface area contributed by atoms with E-state index in [2.05, 4.69) is 16.3 Å². The lowest BCUT2D eigenvalue weighted by molar-refractivity contribution is 1.09. The third-order valence-corrected chi connectivity index (χ3v) is 0.894. The predicted octanol–water partition coefficient (Wildman–Crippen LogP) is 0.276. The number of rotatable bonds is 1. The number of nitrogens with one attached hydrogen (secondary N) is 1. The maximum absolute atomic E-state index is 3.86. The van der Waals surface area contributed by atoms with E-state index in [9.17, 15) is 0 Å². The Balaban J connectivity index is 2.77. The summed E-state index contributed by atoms with van der Waals surface area (Å²) in [6, 6.07) is 0. The molecular formula is C5H8N3. The summed E-state index contributed by atoms with van der Waals surface area (Å²) in [5.74, 6) is 0.907. The van der Waals surface area contributed by atoms with Gasteiger partial charge < -0.3 is 9.88 Å². The first-order valence-electron chi connectivity index (χ1n) is 2.39. The first kappa shape index (κ1) is 5.15. The Morgan fingerprint density at radius 2 is 2.50 bits per heavy atom. The van der Waals surface area contributed by atoms with Gasteiger partial charge in [0.05, 0.1) is 0 Å². The van der Waals surface area contributed by atoms with Crippen LogP contribution in [0.5, 0.6) is 0 Å². The summed E-state index contributed by atoms with van der Waals surface area (Å²) in [6.45, 7) is 0. The molecule has 0 bridgehead atoms. The van der Waals surface area contributed by atoms with E-state index in [-0.39, 0.29) is 0 Å². The average molecular weight is 110 g/mol. The Labute approximate surface area is 48.3 Å². The van der Waals surface area contributed by atoms with Crippen molar-refractivity contribution >= 4 is 5.82 Å². The highest BCUT2D eigenvalue weighted by atomic mass is 15.2. The van der Waals surface area contributed by atoms with Crippen LogP contribution < -0.4 is 4.90 Å². The van der Waals surface area contributed by atoms with Crippen molar-refractivity contribution in [2.75, 3.05) is 19.0 Å². The molecule has 1 aromatic heterocycles. The highest BCUT2D eigenvalue weighted by Crippen LogP contribution is 1.99. The van der Waals surface area contributed by atoms with Crippen molar-refractivity contribution in [2.45, 2.75) is 0 Å². The number of hydrogen-bond donors (Lipinski definition) is 1. The van der Waals surface area contributed by atoms with E-state index < -0.39 is 0 Å². The van der Waals surface area contributed by atoms with Gasteiger partial charge in [-0.3, -0.25) is 0 Å². The Hall–Kier alpha value is -0.990. The second-order valence-corrected chi connectivity index (χ2v) is 1.76. The molecule has 43 valence electrons. The van der Waals surface area contributed by atoms with Gasteiger partial charge in [-0.25, -0.2) is 4.98 Å². The fourth-order valence-corrected chi connectivity index (χ4v) is 0.448. The van der Waals surface area contributed by atoms with Crippen LogP contribution in [0.3, 0.4) is 0 Å². The third-order valence-electron chi connectivity index (χ3n) is 0.894. The average Bonchev–Trinajstić information content (AvgIpc) is 2.12. The lowest BCUT2D eigenvalue weighted by Crippen LogP contribution is -2.08. The molecule has 0 atom stereocenters. The van der Waals surface area contributed by atoms with Gasteiger partial charge in [0.15, 0.2) is 6.33 Å². The molecule has 8 heavy (non-hydrogen) atoms. The summed E-state index contributed by atoms with van der Waals surface area (Å²) in [5, 5.41) is 0. The van der Waals surface area contributed by atoms with Crippen molar-refractivity contribution in [1.82, 2.24) is 9.97 Å². The summed E-state index contributed by atoms with van der Waals surface area (Å²) in [4.78, 5) is 8.50. The first-order chi connectivity index (χ1) is 3.80. The summed E-state index contributed by atoms with van der Waals surface area (Å²) in [7, 11) is 3.87. The van der Waals surface area contributed by atoms with Crippen LogP contribution in [0.15, 0.2) is 6.20 Å². The Morgan fingerprint density at radius 3 is 2.75 bits per heavy atom.